The molecule has 5 nitrogen and oxygen atoms in total. The minimum atomic E-state index is 0. The standard InChI is InChI=1S/C21H33N3O2.HI/c1-4-26-19-15-17(8-9-18(19)25-3)7-5-13-23-20(22-2)24-14-12-21(16-24)10-6-11-21;/h8-9,15H,4-7,10-14,16H2,1-3H3,(H,22,23);1H. The fourth-order valence-electron chi connectivity index (χ4n) is 4.17. The summed E-state index contributed by atoms with van der Waals surface area (Å²) in [6, 6.07) is 6.21. The second-order valence-electron chi connectivity index (χ2n) is 7.52. The molecule has 0 aromatic heterocycles. The van der Waals surface area contributed by atoms with E-state index in [0.29, 0.717) is 12.0 Å². The molecule has 27 heavy (non-hydrogen) atoms. The van der Waals surface area contributed by atoms with Gasteiger partial charge in [0.05, 0.1) is 13.7 Å². The number of likely N-dealkylation sites (tertiary alicyclic amines) is 1. The number of benzene rings is 1. The molecule has 0 radical (unpaired) electrons. The third-order valence-corrected chi connectivity index (χ3v) is 5.82. The maximum Gasteiger partial charge on any atom is 0.193 e. The Morgan fingerprint density at radius 2 is 2.07 bits per heavy atom. The Bertz CT molecular complexity index is 632. The maximum absolute atomic E-state index is 5.67. The molecule has 1 aromatic rings. The predicted octanol–water partition coefficient (Wildman–Crippen LogP) is 4.10. The van der Waals surface area contributed by atoms with Crippen molar-refractivity contribution in [1.82, 2.24) is 10.2 Å². The largest absolute Gasteiger partial charge is 0.493 e. The number of methoxy groups -OCH3 is 1. The summed E-state index contributed by atoms with van der Waals surface area (Å²) in [4.78, 5) is 6.94. The number of hydrogen-bond donors (Lipinski definition) is 1. The van der Waals surface area contributed by atoms with Crippen molar-refractivity contribution in [3.63, 3.8) is 0 Å². The van der Waals surface area contributed by atoms with Crippen molar-refractivity contribution in [2.45, 2.75) is 45.4 Å². The molecule has 1 N–H and O–H groups in total. The van der Waals surface area contributed by atoms with Gasteiger partial charge in [-0.05, 0) is 62.1 Å². The van der Waals surface area contributed by atoms with Gasteiger partial charge in [0.2, 0.25) is 0 Å². The summed E-state index contributed by atoms with van der Waals surface area (Å²) >= 11 is 0. The Kier molecular flexibility index (Phi) is 8.51. The van der Waals surface area contributed by atoms with E-state index in [0.717, 1.165) is 43.4 Å². The van der Waals surface area contributed by atoms with Gasteiger partial charge in [0.25, 0.3) is 0 Å². The van der Waals surface area contributed by atoms with E-state index in [4.69, 9.17) is 9.47 Å². The number of rotatable bonds is 7. The molecule has 1 heterocycles. The third kappa shape index (κ3) is 5.42. The lowest BCUT2D eigenvalue weighted by Gasteiger charge is -2.38. The zero-order chi connectivity index (χ0) is 18.4. The first-order valence-electron chi connectivity index (χ1n) is 9.95. The van der Waals surface area contributed by atoms with Gasteiger partial charge in [0.15, 0.2) is 17.5 Å². The Hall–Kier alpha value is -1.18. The molecule has 3 rings (SSSR count). The highest BCUT2D eigenvalue weighted by atomic mass is 127. The van der Waals surface area contributed by atoms with Crippen molar-refractivity contribution in [3.05, 3.63) is 23.8 Å². The molecular weight excluding hydrogens is 453 g/mol. The van der Waals surface area contributed by atoms with Crippen LogP contribution in [0, 0.1) is 5.41 Å². The summed E-state index contributed by atoms with van der Waals surface area (Å²) in [5.41, 5.74) is 1.89. The van der Waals surface area contributed by atoms with Gasteiger partial charge in [0.1, 0.15) is 0 Å². The second kappa shape index (κ2) is 10.4. The topological polar surface area (TPSA) is 46.1 Å². The molecule has 0 unspecified atom stereocenters. The van der Waals surface area contributed by atoms with E-state index < -0.39 is 0 Å². The molecule has 0 bridgehead atoms. The van der Waals surface area contributed by atoms with Crippen molar-refractivity contribution < 1.29 is 9.47 Å². The van der Waals surface area contributed by atoms with Crippen LogP contribution in [0.4, 0.5) is 0 Å². The van der Waals surface area contributed by atoms with Crippen LogP contribution in [0.3, 0.4) is 0 Å². The Morgan fingerprint density at radius 3 is 2.67 bits per heavy atom. The number of nitrogens with zero attached hydrogens (tertiary/aromatic N) is 2. The minimum Gasteiger partial charge on any atom is -0.493 e. The van der Waals surface area contributed by atoms with Gasteiger partial charge < -0.3 is 19.7 Å². The zero-order valence-electron chi connectivity index (χ0n) is 16.9. The molecule has 1 aromatic carbocycles. The molecule has 1 aliphatic heterocycles. The number of guanidine groups is 1. The number of halogens is 1. The van der Waals surface area contributed by atoms with E-state index in [9.17, 15) is 0 Å². The minimum absolute atomic E-state index is 0. The summed E-state index contributed by atoms with van der Waals surface area (Å²) in [5.74, 6) is 2.70. The normalized spacial score (nSPS) is 18.0. The van der Waals surface area contributed by atoms with Gasteiger partial charge >= 0.3 is 0 Å². The molecule has 1 saturated heterocycles. The first-order valence-corrected chi connectivity index (χ1v) is 9.95. The smallest absolute Gasteiger partial charge is 0.193 e. The monoisotopic (exact) mass is 487 g/mol. The molecule has 0 amide bonds. The van der Waals surface area contributed by atoms with Crippen LogP contribution in [0.2, 0.25) is 0 Å². The summed E-state index contributed by atoms with van der Waals surface area (Å²) in [5, 5.41) is 3.55. The van der Waals surface area contributed by atoms with Crippen molar-refractivity contribution in [1.29, 1.82) is 0 Å². The lowest BCUT2D eigenvalue weighted by molar-refractivity contribution is 0.151. The lowest BCUT2D eigenvalue weighted by atomic mass is 9.68. The average molecular weight is 487 g/mol. The average Bonchev–Trinajstić information content (AvgIpc) is 3.08. The molecule has 0 atom stereocenters. The van der Waals surface area contributed by atoms with Gasteiger partial charge in [-0.1, -0.05) is 12.5 Å². The highest BCUT2D eigenvalue weighted by Gasteiger charge is 2.43. The third-order valence-electron chi connectivity index (χ3n) is 5.82. The van der Waals surface area contributed by atoms with Gasteiger partial charge in [-0.15, -0.1) is 24.0 Å². The molecular formula is C21H34IN3O2. The van der Waals surface area contributed by atoms with Gasteiger partial charge in [-0.2, -0.15) is 0 Å². The highest BCUT2D eigenvalue weighted by Crippen LogP contribution is 2.47. The maximum atomic E-state index is 5.67. The van der Waals surface area contributed by atoms with Crippen LogP contribution in [0.5, 0.6) is 11.5 Å². The second-order valence-corrected chi connectivity index (χ2v) is 7.52. The van der Waals surface area contributed by atoms with Crippen LogP contribution in [0.1, 0.15) is 44.6 Å². The highest BCUT2D eigenvalue weighted by molar-refractivity contribution is 14.0. The molecule has 2 aliphatic rings. The van der Waals surface area contributed by atoms with Crippen LogP contribution in [-0.2, 0) is 6.42 Å². The van der Waals surface area contributed by atoms with Crippen LogP contribution >= 0.6 is 24.0 Å². The van der Waals surface area contributed by atoms with Crippen LogP contribution in [0.25, 0.3) is 0 Å². The summed E-state index contributed by atoms with van der Waals surface area (Å²) in [6.45, 7) is 5.91. The number of hydrogen-bond acceptors (Lipinski definition) is 3. The van der Waals surface area contributed by atoms with E-state index in [-0.39, 0.29) is 24.0 Å². The van der Waals surface area contributed by atoms with Crippen LogP contribution in [-0.4, -0.2) is 51.3 Å². The van der Waals surface area contributed by atoms with Crippen molar-refractivity contribution in [2.75, 3.05) is 40.4 Å². The number of nitrogens with one attached hydrogen (secondary N) is 1. The van der Waals surface area contributed by atoms with Crippen molar-refractivity contribution in [2.24, 2.45) is 10.4 Å². The van der Waals surface area contributed by atoms with Crippen molar-refractivity contribution >= 4 is 29.9 Å². The summed E-state index contributed by atoms with van der Waals surface area (Å²) in [6.07, 6.45) is 7.62. The summed E-state index contributed by atoms with van der Waals surface area (Å²) < 4.78 is 11.0. The molecule has 1 aliphatic carbocycles. The Labute approximate surface area is 180 Å². The number of aryl methyl sites for hydroxylation is 1. The lowest BCUT2D eigenvalue weighted by Crippen LogP contribution is -2.42. The predicted molar refractivity (Wildman–Crippen MR) is 122 cm³/mol. The Morgan fingerprint density at radius 1 is 1.26 bits per heavy atom. The molecule has 1 spiro atoms. The Balaban J connectivity index is 0.00000261. The summed E-state index contributed by atoms with van der Waals surface area (Å²) in [7, 11) is 3.57. The van der Waals surface area contributed by atoms with Crippen LogP contribution < -0.4 is 14.8 Å². The van der Waals surface area contributed by atoms with E-state index >= 15 is 0 Å². The number of ether oxygens (including phenoxy) is 2. The van der Waals surface area contributed by atoms with E-state index in [1.807, 2.05) is 20.0 Å². The molecule has 152 valence electrons. The van der Waals surface area contributed by atoms with E-state index in [1.54, 1.807) is 7.11 Å². The van der Waals surface area contributed by atoms with E-state index in [1.165, 1.54) is 37.8 Å². The fraction of sp³-hybridized carbons (Fsp3) is 0.667. The fourth-order valence-corrected chi connectivity index (χ4v) is 4.17. The first kappa shape index (κ1) is 22.1. The first-order chi connectivity index (χ1) is 12.7. The van der Waals surface area contributed by atoms with Gasteiger partial charge in [-0.3, -0.25) is 4.99 Å². The van der Waals surface area contributed by atoms with E-state index in [2.05, 4.69) is 27.3 Å². The van der Waals surface area contributed by atoms with Gasteiger partial charge in [-0.25, -0.2) is 0 Å². The van der Waals surface area contributed by atoms with Crippen molar-refractivity contribution in [3.8, 4) is 11.5 Å². The SMILES string of the molecule is CCOc1cc(CCCNC(=NC)N2CCC3(CCC3)C2)ccc1OC.I. The zero-order valence-corrected chi connectivity index (χ0v) is 19.3. The van der Waals surface area contributed by atoms with Gasteiger partial charge in [0, 0.05) is 26.7 Å². The number of aliphatic imine (C=N–C) groups is 1. The van der Waals surface area contributed by atoms with Crippen LogP contribution in [0.15, 0.2) is 23.2 Å². The quantitative estimate of drug-likeness (QED) is 0.272. The molecule has 2 fully saturated rings. The molecule has 1 saturated carbocycles. The molecule has 6 heteroatoms.